The third-order valence-corrected chi connectivity index (χ3v) is 2.91. The summed E-state index contributed by atoms with van der Waals surface area (Å²) in [5.41, 5.74) is 1.39. The molecule has 90 valence electrons. The third-order valence-electron chi connectivity index (χ3n) is 2.40. The topological polar surface area (TPSA) is 3.24 Å². The maximum Gasteiger partial charge on any atom is 0.140 e. The minimum atomic E-state index is -0.458. The van der Waals surface area contributed by atoms with Crippen molar-refractivity contribution in [3.05, 3.63) is 66.4 Å². The Balaban J connectivity index is 3.26. The van der Waals surface area contributed by atoms with Crippen molar-refractivity contribution in [3.8, 4) is 0 Å². The van der Waals surface area contributed by atoms with Crippen LogP contribution in [0.4, 0.5) is 10.1 Å². The molecule has 1 rings (SSSR count). The van der Waals surface area contributed by atoms with Crippen LogP contribution in [0.15, 0.2) is 66.4 Å². The molecule has 1 unspecified atom stereocenters. The lowest BCUT2D eigenvalue weighted by molar-refractivity contribution is 0.643. The number of allylic oxidation sites excluding steroid dienone is 3. The van der Waals surface area contributed by atoms with E-state index in [1.54, 1.807) is 6.08 Å². The summed E-state index contributed by atoms with van der Waals surface area (Å²) < 4.78 is 13.6. The number of anilines is 1. The van der Waals surface area contributed by atoms with E-state index < -0.39 is 5.83 Å². The van der Waals surface area contributed by atoms with Crippen molar-refractivity contribution in [1.29, 1.82) is 0 Å². The Morgan fingerprint density at radius 3 is 2.41 bits per heavy atom. The first kappa shape index (κ1) is 13.7. The van der Waals surface area contributed by atoms with Crippen molar-refractivity contribution in [2.75, 3.05) is 11.4 Å². The summed E-state index contributed by atoms with van der Waals surface area (Å²) in [5, 5.41) is 0.697. The zero-order valence-corrected chi connectivity index (χ0v) is 11.1. The molecule has 0 saturated carbocycles. The number of likely N-dealkylation sites (N-methyl/N-ethyl adjacent to an activating group) is 1. The Hall–Kier alpha value is -1.40. The first-order valence-electron chi connectivity index (χ1n) is 5.41. The number of hydrogen-bond donors (Lipinski definition) is 0. The highest BCUT2D eigenvalue weighted by Crippen LogP contribution is 2.28. The van der Waals surface area contributed by atoms with E-state index in [0.717, 1.165) is 5.69 Å². The summed E-state index contributed by atoms with van der Waals surface area (Å²) in [5.74, 6) is -0.458. The van der Waals surface area contributed by atoms with E-state index >= 15 is 0 Å². The van der Waals surface area contributed by atoms with Gasteiger partial charge >= 0.3 is 0 Å². The predicted molar refractivity (Wildman–Crippen MR) is 76.6 cm³/mol. The SMILES string of the molecule is C=C/C(P)=C(\C(=C)F)N(CC)c1ccccc1. The molecule has 0 amide bonds. The molecule has 0 spiro atoms. The van der Waals surface area contributed by atoms with Gasteiger partial charge in [-0.15, -0.1) is 9.24 Å². The third kappa shape index (κ3) is 3.28. The van der Waals surface area contributed by atoms with E-state index in [1.807, 2.05) is 42.2 Å². The van der Waals surface area contributed by atoms with Crippen LogP contribution in [0.3, 0.4) is 0 Å². The predicted octanol–water partition coefficient (Wildman–Crippen LogP) is 4.27. The van der Waals surface area contributed by atoms with Crippen LogP contribution < -0.4 is 4.90 Å². The second-order valence-electron chi connectivity index (χ2n) is 3.49. The summed E-state index contributed by atoms with van der Waals surface area (Å²) in [6, 6.07) is 9.65. The fourth-order valence-electron chi connectivity index (χ4n) is 1.63. The molecule has 17 heavy (non-hydrogen) atoms. The average molecular weight is 249 g/mol. The van der Waals surface area contributed by atoms with Gasteiger partial charge in [0, 0.05) is 12.2 Å². The maximum absolute atomic E-state index is 13.6. The molecule has 0 aliphatic heterocycles. The summed E-state index contributed by atoms with van der Waals surface area (Å²) in [6.07, 6.45) is 1.61. The summed E-state index contributed by atoms with van der Waals surface area (Å²) >= 11 is 0. The van der Waals surface area contributed by atoms with Crippen molar-refractivity contribution >= 4 is 14.9 Å². The van der Waals surface area contributed by atoms with Crippen molar-refractivity contribution in [2.45, 2.75) is 6.92 Å². The fraction of sp³-hybridized carbons (Fsp3) is 0.143. The second-order valence-corrected chi connectivity index (χ2v) is 4.11. The van der Waals surface area contributed by atoms with Gasteiger partial charge in [0.25, 0.3) is 0 Å². The molecule has 3 heteroatoms. The van der Waals surface area contributed by atoms with Gasteiger partial charge in [-0.3, -0.25) is 0 Å². The molecule has 0 radical (unpaired) electrons. The monoisotopic (exact) mass is 249 g/mol. The lowest BCUT2D eigenvalue weighted by Crippen LogP contribution is -2.22. The van der Waals surface area contributed by atoms with Crippen LogP contribution in [0.2, 0.25) is 0 Å². The average Bonchev–Trinajstić information content (AvgIpc) is 2.35. The quantitative estimate of drug-likeness (QED) is 0.556. The lowest BCUT2D eigenvalue weighted by Gasteiger charge is -2.26. The van der Waals surface area contributed by atoms with Gasteiger partial charge in [0.15, 0.2) is 0 Å². The molecule has 0 aliphatic rings. The van der Waals surface area contributed by atoms with Crippen LogP contribution in [0.5, 0.6) is 0 Å². The van der Waals surface area contributed by atoms with Gasteiger partial charge in [0.05, 0.1) is 5.70 Å². The number of hydrogen-bond acceptors (Lipinski definition) is 1. The summed E-state index contributed by atoms with van der Waals surface area (Å²) in [7, 11) is 2.49. The van der Waals surface area contributed by atoms with Crippen LogP contribution in [0.25, 0.3) is 0 Å². The molecule has 1 aromatic rings. The minimum Gasteiger partial charge on any atom is -0.339 e. The second kappa shape index (κ2) is 6.36. The van der Waals surface area contributed by atoms with Gasteiger partial charge in [-0.05, 0) is 24.4 Å². The van der Waals surface area contributed by atoms with E-state index in [2.05, 4.69) is 22.4 Å². The molecule has 0 N–H and O–H groups in total. The Morgan fingerprint density at radius 2 is 2.00 bits per heavy atom. The summed E-state index contributed by atoms with van der Waals surface area (Å²) in [6.45, 7) is 9.68. The Labute approximate surface area is 105 Å². The smallest absolute Gasteiger partial charge is 0.140 e. The number of benzene rings is 1. The summed E-state index contributed by atoms with van der Waals surface area (Å²) in [4.78, 5) is 1.87. The van der Waals surface area contributed by atoms with Gasteiger partial charge in [-0.2, -0.15) is 0 Å². The zero-order chi connectivity index (χ0) is 12.8. The Bertz CT molecular complexity index is 437. The molecule has 1 aromatic carbocycles. The zero-order valence-electron chi connectivity index (χ0n) is 9.99. The normalized spacial score (nSPS) is 11.7. The first-order valence-corrected chi connectivity index (χ1v) is 5.99. The van der Waals surface area contributed by atoms with Gasteiger partial charge in [0.2, 0.25) is 0 Å². The van der Waals surface area contributed by atoms with Gasteiger partial charge in [-0.25, -0.2) is 4.39 Å². The number of para-hydroxylation sites is 1. The molecular weight excluding hydrogens is 232 g/mol. The fourth-order valence-corrected chi connectivity index (χ4v) is 1.95. The largest absolute Gasteiger partial charge is 0.339 e. The lowest BCUT2D eigenvalue weighted by atomic mass is 10.2. The van der Waals surface area contributed by atoms with E-state index in [9.17, 15) is 4.39 Å². The number of halogens is 1. The van der Waals surface area contributed by atoms with E-state index in [-0.39, 0.29) is 0 Å². The molecule has 0 fully saturated rings. The molecule has 0 saturated heterocycles. The Morgan fingerprint density at radius 1 is 1.41 bits per heavy atom. The van der Waals surface area contributed by atoms with Crippen LogP contribution in [-0.4, -0.2) is 6.54 Å². The standard InChI is InChI=1S/C14H17FNP/c1-4-13(17)14(11(3)15)16(5-2)12-9-7-6-8-10-12/h4,6-10H,1,3,5,17H2,2H3/b14-13-. The molecule has 1 nitrogen and oxygen atoms in total. The van der Waals surface area contributed by atoms with E-state index in [0.29, 0.717) is 17.6 Å². The first-order chi connectivity index (χ1) is 8.11. The van der Waals surface area contributed by atoms with Crippen molar-refractivity contribution in [3.63, 3.8) is 0 Å². The molecule has 0 aliphatic carbocycles. The highest BCUT2D eigenvalue weighted by Gasteiger charge is 2.15. The minimum absolute atomic E-state index is 0.457. The van der Waals surface area contributed by atoms with Crippen molar-refractivity contribution in [1.82, 2.24) is 0 Å². The van der Waals surface area contributed by atoms with Crippen LogP contribution >= 0.6 is 9.24 Å². The maximum atomic E-state index is 13.6. The molecule has 0 heterocycles. The van der Waals surface area contributed by atoms with E-state index in [1.165, 1.54) is 0 Å². The van der Waals surface area contributed by atoms with Crippen molar-refractivity contribution in [2.24, 2.45) is 0 Å². The van der Waals surface area contributed by atoms with Crippen LogP contribution in [-0.2, 0) is 0 Å². The van der Waals surface area contributed by atoms with E-state index in [4.69, 9.17) is 0 Å². The van der Waals surface area contributed by atoms with Crippen molar-refractivity contribution < 1.29 is 4.39 Å². The van der Waals surface area contributed by atoms with Crippen LogP contribution in [0.1, 0.15) is 6.92 Å². The molecule has 0 aromatic heterocycles. The highest BCUT2D eigenvalue weighted by atomic mass is 31.0. The van der Waals surface area contributed by atoms with Crippen LogP contribution in [0, 0.1) is 0 Å². The molecular formula is C14H17FNP. The molecule has 0 bridgehead atoms. The Kier molecular flexibility index (Phi) is 5.11. The number of rotatable bonds is 5. The highest BCUT2D eigenvalue weighted by molar-refractivity contribution is 7.23. The van der Waals surface area contributed by atoms with Gasteiger partial charge < -0.3 is 4.90 Å². The van der Waals surface area contributed by atoms with Gasteiger partial charge in [-0.1, -0.05) is 37.4 Å². The number of nitrogens with zero attached hydrogens (tertiary/aromatic N) is 1. The molecule has 1 atom stereocenters. The van der Waals surface area contributed by atoms with Gasteiger partial charge in [0.1, 0.15) is 5.83 Å².